The van der Waals surface area contributed by atoms with E-state index in [0.717, 1.165) is 5.56 Å². The summed E-state index contributed by atoms with van der Waals surface area (Å²) in [5, 5.41) is 14.0. The number of phenolic OH excluding ortho intramolecular Hbond substituents is 1. The molecule has 1 saturated heterocycles. The average Bonchev–Trinajstić information content (AvgIpc) is 2.77. The molecule has 0 unspecified atom stereocenters. The number of benzene rings is 2. The van der Waals surface area contributed by atoms with Gasteiger partial charge in [-0.25, -0.2) is 13.8 Å². The van der Waals surface area contributed by atoms with Crippen LogP contribution in [0.4, 0.5) is 0 Å². The van der Waals surface area contributed by atoms with Crippen molar-refractivity contribution in [2.24, 2.45) is 5.10 Å². The van der Waals surface area contributed by atoms with Crippen LogP contribution >= 0.6 is 0 Å². The van der Waals surface area contributed by atoms with Gasteiger partial charge in [0.15, 0.2) is 11.5 Å². The highest BCUT2D eigenvalue weighted by atomic mass is 32.2. The SMILES string of the molecule is CCOc1cccc(C=NNC(=O)CN2CCN(S(=O)(=O)c3ccc(C)cc3)CC2)c1O. The third kappa shape index (κ3) is 5.84. The number of amides is 1. The summed E-state index contributed by atoms with van der Waals surface area (Å²) in [6.45, 7) is 5.75. The molecular formula is C22H28N4O5S. The van der Waals surface area contributed by atoms with Crippen molar-refractivity contribution in [1.29, 1.82) is 0 Å². The minimum absolute atomic E-state index is 0.0433. The van der Waals surface area contributed by atoms with Crippen molar-refractivity contribution in [3.8, 4) is 11.5 Å². The van der Waals surface area contributed by atoms with E-state index in [9.17, 15) is 18.3 Å². The highest BCUT2D eigenvalue weighted by Crippen LogP contribution is 2.28. The summed E-state index contributed by atoms with van der Waals surface area (Å²) in [5.41, 5.74) is 3.86. The number of aromatic hydroxyl groups is 1. The number of carbonyl (C=O) groups excluding carboxylic acids is 1. The quantitative estimate of drug-likeness (QED) is 0.457. The first-order valence-electron chi connectivity index (χ1n) is 10.4. The number of hydrazone groups is 1. The van der Waals surface area contributed by atoms with Crippen LogP contribution in [0.5, 0.6) is 11.5 Å². The number of hydrogen-bond acceptors (Lipinski definition) is 7. The Labute approximate surface area is 188 Å². The van der Waals surface area contributed by atoms with Gasteiger partial charge in [0.05, 0.1) is 24.3 Å². The second-order valence-electron chi connectivity index (χ2n) is 7.41. The normalized spacial score (nSPS) is 15.7. The zero-order valence-electron chi connectivity index (χ0n) is 18.2. The van der Waals surface area contributed by atoms with Crippen molar-refractivity contribution in [2.75, 3.05) is 39.3 Å². The molecule has 1 amide bonds. The van der Waals surface area contributed by atoms with Crippen LogP contribution in [0.25, 0.3) is 0 Å². The van der Waals surface area contributed by atoms with Gasteiger partial charge in [0.2, 0.25) is 10.0 Å². The molecule has 1 fully saturated rings. The van der Waals surface area contributed by atoms with E-state index in [4.69, 9.17) is 4.74 Å². The van der Waals surface area contributed by atoms with Crippen molar-refractivity contribution in [1.82, 2.24) is 14.6 Å². The molecule has 0 spiro atoms. The number of rotatable bonds is 8. The van der Waals surface area contributed by atoms with Crippen LogP contribution in [0, 0.1) is 6.92 Å². The van der Waals surface area contributed by atoms with E-state index < -0.39 is 10.0 Å². The molecule has 0 saturated carbocycles. The number of ether oxygens (including phenoxy) is 1. The van der Waals surface area contributed by atoms with Crippen LogP contribution in [0.15, 0.2) is 52.5 Å². The van der Waals surface area contributed by atoms with Gasteiger partial charge in [-0.3, -0.25) is 9.69 Å². The maximum Gasteiger partial charge on any atom is 0.254 e. The Morgan fingerprint density at radius 1 is 1.16 bits per heavy atom. The summed E-state index contributed by atoms with van der Waals surface area (Å²) in [4.78, 5) is 14.4. The van der Waals surface area contributed by atoms with Crippen LogP contribution in [0.1, 0.15) is 18.1 Å². The summed E-state index contributed by atoms with van der Waals surface area (Å²) >= 11 is 0. The first kappa shape index (κ1) is 23.7. The Bertz CT molecular complexity index is 1060. The Hall–Kier alpha value is -2.95. The Morgan fingerprint density at radius 2 is 1.84 bits per heavy atom. The maximum atomic E-state index is 12.8. The molecule has 2 aromatic rings. The van der Waals surface area contributed by atoms with Crippen molar-refractivity contribution >= 4 is 22.1 Å². The predicted molar refractivity (Wildman–Crippen MR) is 121 cm³/mol. The number of piperazine rings is 1. The van der Waals surface area contributed by atoms with E-state index in [0.29, 0.717) is 44.1 Å². The lowest BCUT2D eigenvalue weighted by Crippen LogP contribution is -2.50. The zero-order chi connectivity index (χ0) is 23.1. The van der Waals surface area contributed by atoms with E-state index >= 15 is 0 Å². The highest BCUT2D eigenvalue weighted by Gasteiger charge is 2.28. The highest BCUT2D eigenvalue weighted by molar-refractivity contribution is 7.89. The summed E-state index contributed by atoms with van der Waals surface area (Å²) in [7, 11) is -3.54. The monoisotopic (exact) mass is 460 g/mol. The van der Waals surface area contributed by atoms with Crippen LogP contribution in [-0.4, -0.2) is 74.2 Å². The van der Waals surface area contributed by atoms with Gasteiger partial charge >= 0.3 is 0 Å². The number of sulfonamides is 1. The topological polar surface area (TPSA) is 112 Å². The smallest absolute Gasteiger partial charge is 0.254 e. The summed E-state index contributed by atoms with van der Waals surface area (Å²) in [6, 6.07) is 11.8. The molecule has 10 heteroatoms. The largest absolute Gasteiger partial charge is 0.504 e. The van der Waals surface area contributed by atoms with Gasteiger partial charge in [-0.05, 0) is 38.1 Å². The molecule has 1 aliphatic heterocycles. The first-order valence-corrected chi connectivity index (χ1v) is 11.8. The van der Waals surface area contributed by atoms with Gasteiger partial charge in [-0.2, -0.15) is 9.41 Å². The molecule has 3 rings (SSSR count). The molecular weight excluding hydrogens is 432 g/mol. The zero-order valence-corrected chi connectivity index (χ0v) is 19.0. The van der Waals surface area contributed by atoms with Gasteiger partial charge in [-0.1, -0.05) is 23.8 Å². The van der Waals surface area contributed by atoms with Crippen molar-refractivity contribution < 1.29 is 23.1 Å². The van der Waals surface area contributed by atoms with Crippen LogP contribution in [-0.2, 0) is 14.8 Å². The number of carbonyl (C=O) groups is 1. The predicted octanol–water partition coefficient (Wildman–Crippen LogP) is 1.56. The number of phenols is 1. The Balaban J connectivity index is 1.49. The fourth-order valence-electron chi connectivity index (χ4n) is 3.32. The minimum Gasteiger partial charge on any atom is -0.504 e. The van der Waals surface area contributed by atoms with E-state index in [-0.39, 0.29) is 23.1 Å². The lowest BCUT2D eigenvalue weighted by molar-refractivity contribution is -0.122. The number of nitrogens with zero attached hydrogens (tertiary/aromatic N) is 3. The van der Waals surface area contributed by atoms with Gasteiger partial charge in [0, 0.05) is 31.7 Å². The van der Waals surface area contributed by atoms with Crippen LogP contribution < -0.4 is 10.2 Å². The Morgan fingerprint density at radius 3 is 2.50 bits per heavy atom. The fourth-order valence-corrected chi connectivity index (χ4v) is 4.74. The fraction of sp³-hybridized carbons (Fsp3) is 0.364. The number of hydrogen-bond donors (Lipinski definition) is 2. The van der Waals surface area contributed by atoms with Gasteiger partial charge in [0.25, 0.3) is 5.91 Å². The third-order valence-electron chi connectivity index (χ3n) is 5.08. The molecule has 0 atom stereocenters. The molecule has 1 heterocycles. The third-order valence-corrected chi connectivity index (χ3v) is 6.99. The minimum atomic E-state index is -3.54. The molecule has 0 aromatic heterocycles. The van der Waals surface area contributed by atoms with Crippen molar-refractivity contribution in [3.05, 3.63) is 53.6 Å². The standard InChI is InChI=1S/C22H28N4O5S/c1-3-31-20-6-4-5-18(22(20)28)15-23-24-21(27)16-25-11-13-26(14-12-25)32(29,30)19-9-7-17(2)8-10-19/h4-10,15,28H,3,11-14,16H2,1-2H3,(H,24,27). The average molecular weight is 461 g/mol. The van der Waals surface area contributed by atoms with Gasteiger partial charge < -0.3 is 9.84 Å². The van der Waals surface area contributed by atoms with Crippen LogP contribution in [0.2, 0.25) is 0 Å². The van der Waals surface area contributed by atoms with Gasteiger partial charge in [-0.15, -0.1) is 0 Å². The van der Waals surface area contributed by atoms with E-state index in [1.54, 1.807) is 42.5 Å². The summed E-state index contributed by atoms with van der Waals surface area (Å²) < 4.78 is 32.3. The van der Waals surface area contributed by atoms with E-state index in [2.05, 4.69) is 10.5 Å². The number of nitrogens with one attached hydrogen (secondary N) is 1. The lowest BCUT2D eigenvalue weighted by Gasteiger charge is -2.33. The van der Waals surface area contributed by atoms with Crippen molar-refractivity contribution in [3.63, 3.8) is 0 Å². The summed E-state index contributed by atoms with van der Waals surface area (Å²) in [5.74, 6) is -0.0176. The molecule has 2 aromatic carbocycles. The molecule has 0 aliphatic carbocycles. The molecule has 0 bridgehead atoms. The first-order chi connectivity index (χ1) is 15.3. The molecule has 0 radical (unpaired) electrons. The molecule has 1 aliphatic rings. The van der Waals surface area contributed by atoms with Gasteiger partial charge in [0.1, 0.15) is 0 Å². The van der Waals surface area contributed by atoms with Crippen molar-refractivity contribution in [2.45, 2.75) is 18.7 Å². The number of aryl methyl sites for hydroxylation is 1. The second kappa shape index (κ2) is 10.6. The van der Waals surface area contributed by atoms with E-state index in [1.165, 1.54) is 10.5 Å². The lowest BCUT2D eigenvalue weighted by atomic mass is 10.2. The number of para-hydroxylation sites is 1. The maximum absolute atomic E-state index is 12.8. The second-order valence-corrected chi connectivity index (χ2v) is 9.35. The molecule has 9 nitrogen and oxygen atoms in total. The summed E-state index contributed by atoms with van der Waals surface area (Å²) in [6.07, 6.45) is 1.35. The van der Waals surface area contributed by atoms with E-state index in [1.807, 2.05) is 18.7 Å². The molecule has 32 heavy (non-hydrogen) atoms. The Kier molecular flexibility index (Phi) is 7.84. The molecule has 172 valence electrons. The van der Waals surface area contributed by atoms with Crippen LogP contribution in [0.3, 0.4) is 0 Å². The molecule has 2 N–H and O–H groups in total.